The van der Waals surface area contributed by atoms with Gasteiger partial charge in [-0.25, -0.2) is 5.43 Å². The smallest absolute Gasteiger partial charge is 0.267 e. The van der Waals surface area contributed by atoms with Crippen molar-refractivity contribution in [2.24, 2.45) is 16.9 Å². The van der Waals surface area contributed by atoms with Gasteiger partial charge in [-0.2, -0.15) is 5.10 Å². The first-order valence-corrected chi connectivity index (χ1v) is 6.76. The molecular formula is C16H18N2O. The molecular weight excluding hydrogens is 236 g/mol. The number of hydrazone groups is 1. The van der Waals surface area contributed by atoms with Crippen LogP contribution < -0.4 is 5.43 Å². The van der Waals surface area contributed by atoms with Gasteiger partial charge in [-0.15, -0.1) is 0 Å². The van der Waals surface area contributed by atoms with Crippen LogP contribution in [-0.2, 0) is 0 Å². The van der Waals surface area contributed by atoms with Crippen LogP contribution >= 0.6 is 0 Å². The lowest BCUT2D eigenvalue weighted by Gasteiger charge is -2.31. The average molecular weight is 254 g/mol. The van der Waals surface area contributed by atoms with E-state index in [4.69, 9.17) is 0 Å². The number of carbonyl (C=O) groups is 1. The van der Waals surface area contributed by atoms with Gasteiger partial charge in [0.15, 0.2) is 0 Å². The van der Waals surface area contributed by atoms with Gasteiger partial charge in [-0.3, -0.25) is 4.79 Å². The van der Waals surface area contributed by atoms with Crippen molar-refractivity contribution in [3.8, 4) is 0 Å². The van der Waals surface area contributed by atoms with E-state index in [2.05, 4.69) is 22.7 Å². The number of hydrogen-bond acceptors (Lipinski definition) is 2. The van der Waals surface area contributed by atoms with Crippen molar-refractivity contribution >= 4 is 11.6 Å². The number of carbonyl (C=O) groups excluding carboxylic acids is 1. The van der Waals surface area contributed by atoms with Gasteiger partial charge in [-0.05, 0) is 55.9 Å². The summed E-state index contributed by atoms with van der Waals surface area (Å²) >= 11 is 0. The molecule has 2 atom stereocenters. The normalized spacial score (nSPS) is 26.1. The highest BCUT2D eigenvalue weighted by Crippen LogP contribution is 2.40. The number of nitrogens with zero attached hydrogens (tertiary/aromatic N) is 1. The van der Waals surface area contributed by atoms with Crippen molar-refractivity contribution in [2.75, 3.05) is 0 Å². The molecule has 98 valence electrons. The summed E-state index contributed by atoms with van der Waals surface area (Å²) in [6.45, 7) is 4.05. The number of aryl methyl sites for hydroxylation is 2. The van der Waals surface area contributed by atoms with Crippen LogP contribution in [0.2, 0.25) is 0 Å². The Morgan fingerprint density at radius 1 is 1.32 bits per heavy atom. The highest BCUT2D eigenvalue weighted by Gasteiger charge is 2.37. The molecule has 0 unspecified atom stereocenters. The van der Waals surface area contributed by atoms with Gasteiger partial charge in [0.25, 0.3) is 5.91 Å². The van der Waals surface area contributed by atoms with Crippen molar-refractivity contribution in [3.63, 3.8) is 0 Å². The average Bonchev–Trinajstić information content (AvgIpc) is 2.74. The van der Waals surface area contributed by atoms with E-state index in [0.29, 0.717) is 17.4 Å². The number of nitrogens with one attached hydrogen (secondary N) is 1. The van der Waals surface area contributed by atoms with E-state index < -0.39 is 0 Å². The Labute approximate surface area is 113 Å². The molecule has 0 aliphatic heterocycles. The van der Waals surface area contributed by atoms with Gasteiger partial charge in [-0.1, -0.05) is 18.2 Å². The predicted molar refractivity (Wildman–Crippen MR) is 76.2 cm³/mol. The molecule has 1 aromatic rings. The topological polar surface area (TPSA) is 41.5 Å². The third-order valence-electron chi connectivity index (χ3n) is 4.23. The van der Waals surface area contributed by atoms with Gasteiger partial charge < -0.3 is 0 Å². The molecule has 19 heavy (non-hydrogen) atoms. The van der Waals surface area contributed by atoms with Crippen molar-refractivity contribution < 1.29 is 4.79 Å². The summed E-state index contributed by atoms with van der Waals surface area (Å²) < 4.78 is 0. The van der Waals surface area contributed by atoms with Crippen LogP contribution in [-0.4, -0.2) is 11.6 Å². The van der Waals surface area contributed by atoms with Crippen LogP contribution in [0.1, 0.15) is 34.3 Å². The summed E-state index contributed by atoms with van der Waals surface area (Å²) in [5.41, 5.74) is 6.81. The highest BCUT2D eigenvalue weighted by molar-refractivity contribution is 5.98. The number of hydrogen-bond donors (Lipinski definition) is 1. The van der Waals surface area contributed by atoms with E-state index >= 15 is 0 Å². The first kappa shape index (κ1) is 12.2. The van der Waals surface area contributed by atoms with Crippen LogP contribution in [0, 0.1) is 25.7 Å². The lowest BCUT2D eigenvalue weighted by Crippen LogP contribution is -2.35. The third-order valence-corrected chi connectivity index (χ3v) is 4.23. The zero-order valence-corrected chi connectivity index (χ0v) is 11.3. The molecule has 1 saturated carbocycles. The van der Waals surface area contributed by atoms with E-state index in [1.54, 1.807) is 0 Å². The fraction of sp³-hybridized carbons (Fsp3) is 0.375. The summed E-state index contributed by atoms with van der Waals surface area (Å²) in [4.78, 5) is 12.0. The molecule has 1 fully saturated rings. The molecule has 0 saturated heterocycles. The molecule has 1 amide bonds. The van der Waals surface area contributed by atoms with E-state index in [9.17, 15) is 4.79 Å². The van der Waals surface area contributed by atoms with Gasteiger partial charge in [0.2, 0.25) is 0 Å². The summed E-state index contributed by atoms with van der Waals surface area (Å²) in [6, 6.07) is 5.72. The molecule has 0 radical (unpaired) electrons. The number of rotatable bonds is 2. The molecule has 0 spiro atoms. The SMILES string of the molecule is Cc1ccc(C(=O)N/N=C2\C[C@@H]3C=CC[C@H]23)cc1C. The number of fused-ring (bicyclic) bond motifs is 1. The second kappa shape index (κ2) is 4.65. The number of amides is 1. The molecule has 2 aliphatic rings. The van der Waals surface area contributed by atoms with E-state index in [-0.39, 0.29) is 5.91 Å². The van der Waals surface area contributed by atoms with Crippen molar-refractivity contribution in [1.82, 2.24) is 5.43 Å². The Bertz CT molecular complexity index is 586. The van der Waals surface area contributed by atoms with E-state index in [0.717, 1.165) is 24.1 Å². The summed E-state index contributed by atoms with van der Waals surface area (Å²) in [5, 5.41) is 4.28. The zero-order valence-electron chi connectivity index (χ0n) is 11.3. The maximum atomic E-state index is 12.0. The Morgan fingerprint density at radius 3 is 2.89 bits per heavy atom. The first-order chi connectivity index (χ1) is 9.15. The van der Waals surface area contributed by atoms with Crippen molar-refractivity contribution in [2.45, 2.75) is 26.7 Å². The molecule has 1 aromatic carbocycles. The Kier molecular flexibility index (Phi) is 2.97. The first-order valence-electron chi connectivity index (χ1n) is 6.76. The van der Waals surface area contributed by atoms with Crippen LogP contribution in [0.25, 0.3) is 0 Å². The highest BCUT2D eigenvalue weighted by atomic mass is 16.2. The van der Waals surface area contributed by atoms with Gasteiger partial charge in [0, 0.05) is 17.2 Å². The summed E-state index contributed by atoms with van der Waals surface area (Å²) in [6.07, 6.45) is 6.54. The van der Waals surface area contributed by atoms with Gasteiger partial charge >= 0.3 is 0 Å². The van der Waals surface area contributed by atoms with Gasteiger partial charge in [0.1, 0.15) is 0 Å². The van der Waals surface area contributed by atoms with Crippen molar-refractivity contribution in [3.05, 3.63) is 47.0 Å². The van der Waals surface area contributed by atoms with E-state index in [1.165, 1.54) is 5.56 Å². The van der Waals surface area contributed by atoms with Crippen molar-refractivity contribution in [1.29, 1.82) is 0 Å². The second-order valence-electron chi connectivity index (χ2n) is 5.48. The third kappa shape index (κ3) is 2.21. The number of benzene rings is 1. The molecule has 2 aliphatic carbocycles. The van der Waals surface area contributed by atoms with Crippen LogP contribution in [0.5, 0.6) is 0 Å². The quantitative estimate of drug-likeness (QED) is 0.639. The summed E-state index contributed by atoms with van der Waals surface area (Å²) in [5.74, 6) is 1.09. The lowest BCUT2D eigenvalue weighted by molar-refractivity contribution is 0.0954. The Balaban J connectivity index is 1.65. The summed E-state index contributed by atoms with van der Waals surface area (Å²) in [7, 11) is 0. The standard InChI is InChI=1S/C16H18N2O/c1-10-6-7-13(8-11(10)2)16(19)18-17-15-9-12-4-3-5-14(12)15/h3-4,6-8,12,14H,5,9H2,1-2H3,(H,18,19)/b17-15+/t12-,14-/m0/s1. The van der Waals surface area contributed by atoms with Crippen LogP contribution in [0.4, 0.5) is 0 Å². The zero-order chi connectivity index (χ0) is 13.4. The van der Waals surface area contributed by atoms with Gasteiger partial charge in [0.05, 0.1) is 0 Å². The molecule has 3 heteroatoms. The Morgan fingerprint density at radius 2 is 2.16 bits per heavy atom. The minimum absolute atomic E-state index is 0.120. The second-order valence-corrected chi connectivity index (χ2v) is 5.48. The monoisotopic (exact) mass is 254 g/mol. The fourth-order valence-electron chi connectivity index (χ4n) is 2.73. The molecule has 0 aromatic heterocycles. The lowest BCUT2D eigenvalue weighted by atomic mass is 9.74. The molecule has 0 bridgehead atoms. The molecule has 3 rings (SSSR count). The fourth-order valence-corrected chi connectivity index (χ4v) is 2.73. The van der Waals surface area contributed by atoms with E-state index in [1.807, 2.05) is 32.0 Å². The predicted octanol–water partition coefficient (Wildman–Crippen LogP) is 2.99. The molecule has 3 nitrogen and oxygen atoms in total. The number of allylic oxidation sites excluding steroid dienone is 2. The maximum absolute atomic E-state index is 12.0. The maximum Gasteiger partial charge on any atom is 0.271 e. The van der Waals surface area contributed by atoms with Crippen LogP contribution in [0.3, 0.4) is 0 Å². The molecule has 0 heterocycles. The minimum atomic E-state index is -0.120. The molecule has 1 N–H and O–H groups in total. The largest absolute Gasteiger partial charge is 0.271 e. The Hall–Kier alpha value is -1.90. The minimum Gasteiger partial charge on any atom is -0.267 e. The van der Waals surface area contributed by atoms with Crippen LogP contribution in [0.15, 0.2) is 35.5 Å².